The van der Waals surface area contributed by atoms with Gasteiger partial charge in [0.15, 0.2) is 0 Å². The minimum Gasteiger partial charge on any atom is -0.473 e. The lowest BCUT2D eigenvalue weighted by Gasteiger charge is -2.31. The van der Waals surface area contributed by atoms with Crippen LogP contribution in [0.4, 0.5) is 0 Å². The first-order valence-electron chi connectivity index (χ1n) is 6.43. The minimum absolute atomic E-state index is 0.631. The van der Waals surface area contributed by atoms with Crippen molar-refractivity contribution in [1.82, 2.24) is 4.90 Å². The van der Waals surface area contributed by atoms with Crippen molar-refractivity contribution in [3.63, 3.8) is 0 Å². The van der Waals surface area contributed by atoms with Gasteiger partial charge in [0, 0.05) is 19.1 Å². The largest absolute Gasteiger partial charge is 0.473 e. The zero-order valence-electron chi connectivity index (χ0n) is 10.2. The van der Waals surface area contributed by atoms with Crippen LogP contribution in [0.25, 0.3) is 0 Å². The van der Waals surface area contributed by atoms with Gasteiger partial charge in [-0.05, 0) is 12.8 Å². The quantitative estimate of drug-likeness (QED) is 0.527. The summed E-state index contributed by atoms with van der Waals surface area (Å²) in [7, 11) is 0. The predicted octanol–water partition coefficient (Wildman–Crippen LogP) is 0.558. The average molecular weight is 257 g/mol. The van der Waals surface area contributed by atoms with Crippen molar-refractivity contribution in [2.75, 3.05) is 13.1 Å². The molecule has 2 aliphatic heterocycles. The number of hydrogen-bond donors (Lipinski definition) is 2. The van der Waals surface area contributed by atoms with Crippen LogP contribution in [0.15, 0.2) is 0 Å². The normalized spacial score (nSPS) is 31.1. The highest BCUT2D eigenvalue weighted by Gasteiger charge is 2.48. The third-order valence-corrected chi connectivity index (χ3v) is 3.79. The molecule has 3 rings (SSSR count). The number of likely N-dealkylation sites (tertiary alicyclic amines) is 1. The molecule has 2 saturated heterocycles. The van der Waals surface area contributed by atoms with Crippen molar-refractivity contribution in [3.05, 3.63) is 0 Å². The summed E-state index contributed by atoms with van der Waals surface area (Å²) in [5.41, 5.74) is 0. The Morgan fingerprint density at radius 3 is 1.89 bits per heavy atom. The van der Waals surface area contributed by atoms with E-state index >= 15 is 0 Å². The fourth-order valence-corrected chi connectivity index (χ4v) is 2.78. The van der Waals surface area contributed by atoms with Crippen LogP contribution in [-0.2, 0) is 14.3 Å². The maximum Gasteiger partial charge on any atom is 0.414 e. The molecule has 2 unspecified atom stereocenters. The summed E-state index contributed by atoms with van der Waals surface area (Å²) in [6.07, 6.45) is 8.53. The molecule has 0 spiro atoms. The molecule has 0 bridgehead atoms. The number of nitrogens with zero attached hydrogens (tertiary/aromatic N) is 1. The van der Waals surface area contributed by atoms with E-state index in [1.54, 1.807) is 0 Å². The number of hydrogen-bond acceptors (Lipinski definition) is 4. The van der Waals surface area contributed by atoms with Crippen molar-refractivity contribution in [3.8, 4) is 0 Å². The van der Waals surface area contributed by atoms with Crippen LogP contribution in [0, 0.1) is 0 Å². The molecule has 2 atom stereocenters. The zero-order valence-corrected chi connectivity index (χ0v) is 10.2. The molecule has 2 N–H and O–H groups in total. The van der Waals surface area contributed by atoms with E-state index in [1.165, 1.54) is 45.2 Å². The predicted molar refractivity (Wildman–Crippen MR) is 62.4 cm³/mol. The fourth-order valence-electron chi connectivity index (χ4n) is 2.78. The van der Waals surface area contributed by atoms with Gasteiger partial charge in [0.05, 0.1) is 12.2 Å². The van der Waals surface area contributed by atoms with Crippen LogP contribution in [0.3, 0.4) is 0 Å². The van der Waals surface area contributed by atoms with Crippen molar-refractivity contribution >= 4 is 11.9 Å². The van der Waals surface area contributed by atoms with Gasteiger partial charge in [-0.25, -0.2) is 9.59 Å². The number of carbonyl (C=O) groups is 2. The van der Waals surface area contributed by atoms with Crippen molar-refractivity contribution in [1.29, 1.82) is 0 Å². The molecule has 0 aromatic heterocycles. The highest BCUT2D eigenvalue weighted by Crippen LogP contribution is 2.34. The second-order valence-corrected chi connectivity index (χ2v) is 5.07. The molecule has 18 heavy (non-hydrogen) atoms. The Kier molecular flexibility index (Phi) is 4.19. The van der Waals surface area contributed by atoms with E-state index < -0.39 is 11.9 Å². The summed E-state index contributed by atoms with van der Waals surface area (Å²) in [6.45, 7) is 2.46. The third kappa shape index (κ3) is 3.43. The van der Waals surface area contributed by atoms with E-state index in [0.717, 1.165) is 6.04 Å². The average Bonchev–Trinajstić information content (AvgIpc) is 2.98. The number of epoxide rings is 1. The maximum absolute atomic E-state index is 9.10. The monoisotopic (exact) mass is 257 g/mol. The molecular formula is C12H19NO5. The van der Waals surface area contributed by atoms with Gasteiger partial charge in [0.1, 0.15) is 0 Å². The molecule has 0 radical (unpaired) electrons. The molecule has 0 amide bonds. The van der Waals surface area contributed by atoms with Gasteiger partial charge in [-0.15, -0.1) is 0 Å². The molecule has 3 aliphatic rings. The topological polar surface area (TPSA) is 90.4 Å². The Bertz CT molecular complexity index is 304. The molecular weight excluding hydrogens is 238 g/mol. The molecule has 6 heteroatoms. The van der Waals surface area contributed by atoms with Gasteiger partial charge in [-0.3, -0.25) is 4.90 Å². The second kappa shape index (κ2) is 5.67. The van der Waals surface area contributed by atoms with Gasteiger partial charge >= 0.3 is 11.9 Å². The Balaban J connectivity index is 0.000000174. The number of morpholine rings is 1. The molecule has 0 aromatic carbocycles. The smallest absolute Gasteiger partial charge is 0.414 e. The first-order valence-corrected chi connectivity index (χ1v) is 6.43. The summed E-state index contributed by atoms with van der Waals surface area (Å²) >= 11 is 0. The Morgan fingerprint density at radius 2 is 1.44 bits per heavy atom. The third-order valence-electron chi connectivity index (χ3n) is 3.79. The van der Waals surface area contributed by atoms with Crippen LogP contribution in [0.1, 0.15) is 32.1 Å². The van der Waals surface area contributed by atoms with Gasteiger partial charge in [0.2, 0.25) is 0 Å². The highest BCUT2D eigenvalue weighted by atomic mass is 16.6. The van der Waals surface area contributed by atoms with E-state index in [-0.39, 0.29) is 0 Å². The van der Waals surface area contributed by atoms with Crippen LogP contribution in [-0.4, -0.2) is 58.4 Å². The Hall–Kier alpha value is -1.14. The van der Waals surface area contributed by atoms with Gasteiger partial charge in [-0.2, -0.15) is 0 Å². The summed E-state index contributed by atoms with van der Waals surface area (Å²) < 4.78 is 5.43. The number of rotatable bonds is 1. The Labute approximate surface area is 106 Å². The molecule has 0 aromatic rings. The lowest BCUT2D eigenvalue weighted by Crippen LogP contribution is -2.37. The van der Waals surface area contributed by atoms with Gasteiger partial charge in [0.25, 0.3) is 0 Å². The first-order chi connectivity index (χ1) is 8.58. The number of carboxylic acids is 2. The lowest BCUT2D eigenvalue weighted by molar-refractivity contribution is -0.159. The first kappa shape index (κ1) is 13.3. The lowest BCUT2D eigenvalue weighted by atomic mass is 9.94. The highest BCUT2D eigenvalue weighted by molar-refractivity contribution is 6.27. The van der Waals surface area contributed by atoms with E-state index in [0.29, 0.717) is 12.2 Å². The number of carboxylic acid groups (broad SMARTS) is 2. The van der Waals surface area contributed by atoms with E-state index in [9.17, 15) is 0 Å². The molecule has 3 fully saturated rings. The number of aliphatic carboxylic acids is 2. The second-order valence-electron chi connectivity index (χ2n) is 5.07. The Morgan fingerprint density at radius 1 is 0.944 bits per heavy atom. The van der Waals surface area contributed by atoms with Gasteiger partial charge in [-0.1, -0.05) is 19.3 Å². The maximum atomic E-state index is 9.10. The SMILES string of the molecule is C1CCC(N2CC3OC3C2)CC1.O=C(O)C(=O)O. The van der Waals surface area contributed by atoms with Crippen molar-refractivity contribution < 1.29 is 24.5 Å². The van der Waals surface area contributed by atoms with Crippen LogP contribution in [0.2, 0.25) is 0 Å². The summed E-state index contributed by atoms with van der Waals surface area (Å²) in [5, 5.41) is 14.8. The van der Waals surface area contributed by atoms with Crippen LogP contribution < -0.4 is 0 Å². The summed E-state index contributed by atoms with van der Waals surface area (Å²) in [6, 6.07) is 0.912. The van der Waals surface area contributed by atoms with Gasteiger partial charge < -0.3 is 14.9 Å². The molecule has 1 saturated carbocycles. The van der Waals surface area contributed by atoms with Crippen LogP contribution >= 0.6 is 0 Å². The number of fused-ring (bicyclic) bond motifs is 1. The summed E-state index contributed by atoms with van der Waals surface area (Å²) in [4.78, 5) is 20.9. The minimum atomic E-state index is -1.82. The van der Waals surface area contributed by atoms with Crippen molar-refractivity contribution in [2.45, 2.75) is 50.4 Å². The molecule has 6 nitrogen and oxygen atoms in total. The van der Waals surface area contributed by atoms with Crippen LogP contribution in [0.5, 0.6) is 0 Å². The number of ether oxygens (including phenoxy) is 1. The van der Waals surface area contributed by atoms with E-state index in [1.807, 2.05) is 0 Å². The zero-order chi connectivity index (χ0) is 13.1. The fraction of sp³-hybridized carbons (Fsp3) is 0.833. The molecule has 1 aliphatic carbocycles. The standard InChI is InChI=1S/C10H17NO.C2H2O4/c1-2-4-8(5-3-1)11-6-9-10(7-11)12-9;3-1(4)2(5)6/h8-10H,1-7H2;(H,3,4)(H,5,6). The summed E-state index contributed by atoms with van der Waals surface area (Å²) in [5.74, 6) is -3.65. The van der Waals surface area contributed by atoms with E-state index in [2.05, 4.69) is 4.90 Å². The van der Waals surface area contributed by atoms with Crippen molar-refractivity contribution in [2.24, 2.45) is 0 Å². The molecule has 102 valence electrons. The molecule has 2 heterocycles. The van der Waals surface area contributed by atoms with E-state index in [4.69, 9.17) is 24.5 Å².